The van der Waals surface area contributed by atoms with Crippen molar-refractivity contribution in [2.45, 2.75) is 0 Å². The summed E-state index contributed by atoms with van der Waals surface area (Å²) in [4.78, 5) is 3.85. The van der Waals surface area contributed by atoms with Crippen LogP contribution in [0.1, 0.15) is 0 Å². The second-order valence-corrected chi connectivity index (χ2v) is 1.80. The SMILES string of the molecule is C1=NCCN1.c1cnnnc1. The van der Waals surface area contributed by atoms with Crippen molar-refractivity contribution < 1.29 is 0 Å². The number of aliphatic imine (C=N–C) groups is 1. The molecule has 5 heteroatoms. The quantitative estimate of drug-likeness (QED) is 0.542. The van der Waals surface area contributed by atoms with Gasteiger partial charge in [-0.3, -0.25) is 4.99 Å². The van der Waals surface area contributed by atoms with Gasteiger partial charge in [0.05, 0.1) is 25.3 Å². The predicted octanol–water partition coefficient (Wildman–Crippen LogP) is -0.511. The van der Waals surface area contributed by atoms with E-state index in [2.05, 4.69) is 25.7 Å². The third kappa shape index (κ3) is 3.96. The number of nitrogens with zero attached hydrogens (tertiary/aromatic N) is 4. The van der Waals surface area contributed by atoms with Crippen LogP contribution in [0.25, 0.3) is 0 Å². The van der Waals surface area contributed by atoms with Crippen LogP contribution in [0.2, 0.25) is 0 Å². The molecule has 0 unspecified atom stereocenters. The Morgan fingerprint density at radius 2 is 2.00 bits per heavy atom. The summed E-state index contributed by atoms with van der Waals surface area (Å²) in [6.45, 7) is 1.99. The molecular formula is C6H9N5. The molecule has 1 aliphatic rings. The molecule has 1 aromatic heterocycles. The van der Waals surface area contributed by atoms with Crippen LogP contribution in [0.15, 0.2) is 23.5 Å². The van der Waals surface area contributed by atoms with Crippen molar-refractivity contribution in [2.24, 2.45) is 4.99 Å². The summed E-state index contributed by atoms with van der Waals surface area (Å²) >= 11 is 0. The maximum atomic E-state index is 3.85. The minimum atomic E-state index is 0.958. The Kier molecular flexibility index (Phi) is 3.64. The van der Waals surface area contributed by atoms with Crippen LogP contribution in [0.3, 0.4) is 0 Å². The Morgan fingerprint density at radius 3 is 2.18 bits per heavy atom. The normalized spacial score (nSPS) is 13.1. The highest BCUT2D eigenvalue weighted by Gasteiger charge is 1.82. The molecule has 0 atom stereocenters. The number of hydrogen-bond acceptors (Lipinski definition) is 5. The molecule has 0 aromatic carbocycles. The van der Waals surface area contributed by atoms with Gasteiger partial charge in [-0.05, 0) is 11.3 Å². The van der Waals surface area contributed by atoms with Gasteiger partial charge < -0.3 is 5.32 Å². The summed E-state index contributed by atoms with van der Waals surface area (Å²) in [5.74, 6) is 0. The third-order valence-electron chi connectivity index (χ3n) is 0.977. The average Bonchev–Trinajstić information content (AvgIpc) is 2.64. The molecule has 1 aliphatic heterocycles. The van der Waals surface area contributed by atoms with Gasteiger partial charge in [-0.1, -0.05) is 0 Å². The van der Waals surface area contributed by atoms with E-state index in [9.17, 15) is 0 Å². The van der Waals surface area contributed by atoms with Crippen molar-refractivity contribution in [3.63, 3.8) is 0 Å². The minimum absolute atomic E-state index is 0.958. The first-order chi connectivity index (χ1) is 5.50. The van der Waals surface area contributed by atoms with Crippen LogP contribution in [0.4, 0.5) is 0 Å². The second-order valence-electron chi connectivity index (χ2n) is 1.80. The molecule has 11 heavy (non-hydrogen) atoms. The third-order valence-corrected chi connectivity index (χ3v) is 0.977. The van der Waals surface area contributed by atoms with Crippen molar-refractivity contribution in [3.8, 4) is 0 Å². The number of aromatic nitrogens is 3. The second kappa shape index (κ2) is 5.28. The van der Waals surface area contributed by atoms with Crippen molar-refractivity contribution >= 4 is 6.34 Å². The van der Waals surface area contributed by atoms with Gasteiger partial charge in [0.1, 0.15) is 0 Å². The molecule has 0 aliphatic carbocycles. The summed E-state index contributed by atoms with van der Waals surface area (Å²) < 4.78 is 0. The fourth-order valence-corrected chi connectivity index (χ4v) is 0.528. The van der Waals surface area contributed by atoms with Gasteiger partial charge in [-0.2, -0.15) is 0 Å². The van der Waals surface area contributed by atoms with Crippen molar-refractivity contribution in [2.75, 3.05) is 13.1 Å². The number of hydrogen-bond donors (Lipinski definition) is 1. The number of nitrogens with one attached hydrogen (secondary N) is 1. The Morgan fingerprint density at radius 1 is 1.18 bits per heavy atom. The summed E-state index contributed by atoms with van der Waals surface area (Å²) in [6.07, 6.45) is 4.89. The van der Waals surface area contributed by atoms with E-state index in [1.165, 1.54) is 0 Å². The van der Waals surface area contributed by atoms with E-state index in [1.807, 2.05) is 0 Å². The molecule has 0 spiro atoms. The lowest BCUT2D eigenvalue weighted by atomic mass is 10.7. The largest absolute Gasteiger partial charge is 0.375 e. The van der Waals surface area contributed by atoms with Crippen LogP contribution in [-0.2, 0) is 0 Å². The van der Waals surface area contributed by atoms with Gasteiger partial charge >= 0.3 is 0 Å². The fraction of sp³-hybridized carbons (Fsp3) is 0.333. The molecule has 2 rings (SSSR count). The first-order valence-corrected chi connectivity index (χ1v) is 3.30. The molecule has 0 saturated heterocycles. The number of rotatable bonds is 0. The Balaban J connectivity index is 0.000000112. The standard InChI is InChI=1S/C3H3N3.C3H6N2/c1-2-4-6-5-3-1;1-2-5-3-4-1/h1-3H;3H,1-2H2,(H,4,5). The maximum absolute atomic E-state index is 3.85. The molecule has 0 bridgehead atoms. The first kappa shape index (κ1) is 7.59. The first-order valence-electron chi connectivity index (χ1n) is 3.30. The zero-order chi connectivity index (χ0) is 7.78. The lowest BCUT2D eigenvalue weighted by Crippen LogP contribution is -2.04. The zero-order valence-corrected chi connectivity index (χ0v) is 6.01. The summed E-state index contributed by atoms with van der Waals surface area (Å²) in [5, 5.41) is 13.1. The molecule has 1 aromatic rings. The van der Waals surface area contributed by atoms with Crippen molar-refractivity contribution in [1.82, 2.24) is 20.7 Å². The highest BCUT2D eigenvalue weighted by Crippen LogP contribution is 1.68. The van der Waals surface area contributed by atoms with Crippen LogP contribution >= 0.6 is 0 Å². The maximum Gasteiger partial charge on any atom is 0.0825 e. The molecule has 0 radical (unpaired) electrons. The van der Waals surface area contributed by atoms with Crippen LogP contribution in [0.5, 0.6) is 0 Å². The molecule has 58 valence electrons. The molecule has 1 N–H and O–H groups in total. The van der Waals surface area contributed by atoms with Gasteiger partial charge in [-0.25, -0.2) is 0 Å². The van der Waals surface area contributed by atoms with E-state index in [0.717, 1.165) is 13.1 Å². The molecular weight excluding hydrogens is 142 g/mol. The van der Waals surface area contributed by atoms with Gasteiger partial charge in [0.25, 0.3) is 0 Å². The lowest BCUT2D eigenvalue weighted by Gasteiger charge is -1.75. The monoisotopic (exact) mass is 151 g/mol. The van der Waals surface area contributed by atoms with Gasteiger partial charge in [0.2, 0.25) is 0 Å². The Bertz CT molecular complexity index is 165. The Hall–Kier alpha value is -1.52. The Labute approximate surface area is 64.6 Å². The summed E-state index contributed by atoms with van der Waals surface area (Å²) in [5.41, 5.74) is 0. The molecule has 0 fully saturated rings. The topological polar surface area (TPSA) is 63.1 Å². The van der Waals surface area contributed by atoms with E-state index in [1.54, 1.807) is 24.8 Å². The van der Waals surface area contributed by atoms with Gasteiger partial charge in [0, 0.05) is 6.54 Å². The molecule has 0 amide bonds. The average molecular weight is 151 g/mol. The zero-order valence-electron chi connectivity index (χ0n) is 6.01. The van der Waals surface area contributed by atoms with Crippen LogP contribution in [-0.4, -0.2) is 34.8 Å². The van der Waals surface area contributed by atoms with E-state index in [-0.39, 0.29) is 0 Å². The smallest absolute Gasteiger partial charge is 0.0825 e. The predicted molar refractivity (Wildman–Crippen MR) is 41.2 cm³/mol. The minimum Gasteiger partial charge on any atom is -0.375 e. The van der Waals surface area contributed by atoms with E-state index in [0.29, 0.717) is 0 Å². The highest BCUT2D eigenvalue weighted by atomic mass is 15.3. The van der Waals surface area contributed by atoms with E-state index >= 15 is 0 Å². The molecule has 2 heterocycles. The van der Waals surface area contributed by atoms with Crippen LogP contribution in [0, 0.1) is 0 Å². The van der Waals surface area contributed by atoms with Crippen molar-refractivity contribution in [1.29, 1.82) is 0 Å². The van der Waals surface area contributed by atoms with Gasteiger partial charge in [-0.15, -0.1) is 10.2 Å². The molecule has 5 nitrogen and oxygen atoms in total. The van der Waals surface area contributed by atoms with E-state index in [4.69, 9.17) is 0 Å². The summed E-state index contributed by atoms with van der Waals surface area (Å²) in [7, 11) is 0. The molecule has 0 saturated carbocycles. The fourth-order valence-electron chi connectivity index (χ4n) is 0.528. The van der Waals surface area contributed by atoms with Crippen molar-refractivity contribution in [3.05, 3.63) is 18.5 Å². The van der Waals surface area contributed by atoms with Gasteiger partial charge in [0.15, 0.2) is 0 Å². The lowest BCUT2D eigenvalue weighted by molar-refractivity contribution is 0.865. The van der Waals surface area contributed by atoms with Crippen LogP contribution < -0.4 is 5.32 Å². The van der Waals surface area contributed by atoms with E-state index < -0.39 is 0 Å². The summed E-state index contributed by atoms with van der Waals surface area (Å²) in [6, 6.07) is 1.72. The highest BCUT2D eigenvalue weighted by molar-refractivity contribution is 5.56.